The SMILES string of the molecule is O=C(NC[C@H]1CCCO1)c1cccnc1N1CCN(C(=O)c2cccc(F)c2F)CC1. The van der Waals surface area contributed by atoms with Crippen molar-refractivity contribution in [2.45, 2.75) is 18.9 Å². The lowest BCUT2D eigenvalue weighted by Crippen LogP contribution is -2.49. The van der Waals surface area contributed by atoms with Crippen LogP contribution in [0.3, 0.4) is 0 Å². The van der Waals surface area contributed by atoms with Crippen molar-refractivity contribution in [1.82, 2.24) is 15.2 Å². The maximum Gasteiger partial charge on any atom is 0.257 e. The molecule has 2 aromatic rings. The average Bonchev–Trinajstić information content (AvgIpc) is 3.33. The predicted molar refractivity (Wildman–Crippen MR) is 110 cm³/mol. The van der Waals surface area contributed by atoms with E-state index in [1.807, 2.05) is 4.90 Å². The Balaban J connectivity index is 1.40. The first-order chi connectivity index (χ1) is 15.0. The number of hydrogen-bond donors (Lipinski definition) is 1. The van der Waals surface area contributed by atoms with E-state index in [0.717, 1.165) is 25.5 Å². The van der Waals surface area contributed by atoms with Gasteiger partial charge < -0.3 is 19.9 Å². The lowest BCUT2D eigenvalue weighted by molar-refractivity contribution is 0.0739. The first-order valence-corrected chi connectivity index (χ1v) is 10.4. The van der Waals surface area contributed by atoms with Gasteiger partial charge in [-0.25, -0.2) is 13.8 Å². The summed E-state index contributed by atoms with van der Waals surface area (Å²) in [5, 5.41) is 2.91. The molecular formula is C22H24F2N4O3. The molecule has 2 aliphatic rings. The van der Waals surface area contributed by atoms with E-state index >= 15 is 0 Å². The lowest BCUT2D eigenvalue weighted by Gasteiger charge is -2.36. The molecule has 4 rings (SSSR count). The molecule has 31 heavy (non-hydrogen) atoms. The molecule has 7 nitrogen and oxygen atoms in total. The molecule has 2 amide bonds. The molecule has 164 valence electrons. The summed E-state index contributed by atoms with van der Waals surface area (Å²) in [6.45, 7) is 2.64. The second-order valence-electron chi connectivity index (χ2n) is 7.60. The number of amides is 2. The summed E-state index contributed by atoms with van der Waals surface area (Å²) in [6.07, 6.45) is 3.59. The van der Waals surface area contributed by atoms with Crippen LogP contribution >= 0.6 is 0 Å². The molecule has 1 aromatic heterocycles. The first kappa shape index (κ1) is 21.2. The molecule has 2 saturated heterocycles. The van der Waals surface area contributed by atoms with Gasteiger partial charge in [0.2, 0.25) is 0 Å². The first-order valence-electron chi connectivity index (χ1n) is 10.4. The normalized spacial score (nSPS) is 18.8. The number of nitrogens with one attached hydrogen (secondary N) is 1. The molecule has 0 radical (unpaired) electrons. The highest BCUT2D eigenvalue weighted by atomic mass is 19.2. The Morgan fingerprint density at radius 1 is 1.10 bits per heavy atom. The van der Waals surface area contributed by atoms with Gasteiger partial charge in [0.1, 0.15) is 5.82 Å². The van der Waals surface area contributed by atoms with E-state index < -0.39 is 17.5 Å². The van der Waals surface area contributed by atoms with Gasteiger partial charge in [0.05, 0.1) is 17.2 Å². The number of pyridine rings is 1. The van der Waals surface area contributed by atoms with Crippen LogP contribution in [-0.2, 0) is 4.74 Å². The molecular weight excluding hydrogens is 406 g/mol. The van der Waals surface area contributed by atoms with Gasteiger partial charge in [0.15, 0.2) is 11.6 Å². The highest BCUT2D eigenvalue weighted by molar-refractivity contribution is 5.99. The molecule has 0 saturated carbocycles. The predicted octanol–water partition coefficient (Wildman–Crippen LogP) is 2.23. The molecule has 0 aliphatic carbocycles. The fourth-order valence-electron chi connectivity index (χ4n) is 3.89. The highest BCUT2D eigenvalue weighted by Crippen LogP contribution is 2.21. The number of nitrogens with zero attached hydrogens (tertiary/aromatic N) is 3. The number of rotatable bonds is 5. The second kappa shape index (κ2) is 9.38. The Labute approximate surface area is 179 Å². The molecule has 3 heterocycles. The van der Waals surface area contributed by atoms with E-state index in [0.29, 0.717) is 44.1 Å². The van der Waals surface area contributed by atoms with Gasteiger partial charge in [-0.05, 0) is 37.1 Å². The fraction of sp³-hybridized carbons (Fsp3) is 0.409. The molecule has 1 atom stereocenters. The van der Waals surface area contributed by atoms with Gasteiger partial charge in [0, 0.05) is 45.5 Å². The van der Waals surface area contributed by atoms with Crippen molar-refractivity contribution < 1.29 is 23.1 Å². The zero-order valence-corrected chi connectivity index (χ0v) is 17.0. The summed E-state index contributed by atoms with van der Waals surface area (Å²) < 4.78 is 33.0. The van der Waals surface area contributed by atoms with Crippen LogP contribution in [0, 0.1) is 11.6 Å². The summed E-state index contributed by atoms with van der Waals surface area (Å²) in [5.74, 6) is -2.41. The van der Waals surface area contributed by atoms with Gasteiger partial charge in [-0.2, -0.15) is 0 Å². The second-order valence-corrected chi connectivity index (χ2v) is 7.60. The van der Waals surface area contributed by atoms with Gasteiger partial charge in [-0.1, -0.05) is 6.07 Å². The zero-order chi connectivity index (χ0) is 21.8. The minimum Gasteiger partial charge on any atom is -0.376 e. The number of hydrogen-bond acceptors (Lipinski definition) is 5. The summed E-state index contributed by atoms with van der Waals surface area (Å²) in [7, 11) is 0. The Morgan fingerprint density at radius 3 is 2.61 bits per heavy atom. The van der Waals surface area contributed by atoms with Crippen molar-refractivity contribution >= 4 is 17.6 Å². The topological polar surface area (TPSA) is 74.8 Å². The van der Waals surface area contributed by atoms with Crippen LogP contribution in [0.5, 0.6) is 0 Å². The molecule has 0 spiro atoms. The van der Waals surface area contributed by atoms with Crippen molar-refractivity contribution in [3.63, 3.8) is 0 Å². The van der Waals surface area contributed by atoms with E-state index in [-0.39, 0.29) is 17.6 Å². The number of anilines is 1. The molecule has 9 heteroatoms. The number of piperazine rings is 1. The van der Waals surface area contributed by atoms with E-state index in [4.69, 9.17) is 4.74 Å². The largest absolute Gasteiger partial charge is 0.376 e. The summed E-state index contributed by atoms with van der Waals surface area (Å²) in [6, 6.07) is 7.00. The van der Waals surface area contributed by atoms with Gasteiger partial charge in [-0.3, -0.25) is 9.59 Å². The Hall–Kier alpha value is -3.07. The highest BCUT2D eigenvalue weighted by Gasteiger charge is 2.27. The van der Waals surface area contributed by atoms with Gasteiger partial charge in [0.25, 0.3) is 11.8 Å². The van der Waals surface area contributed by atoms with Crippen molar-refractivity contribution in [3.05, 3.63) is 59.3 Å². The van der Waals surface area contributed by atoms with E-state index in [1.165, 1.54) is 17.0 Å². The molecule has 2 aliphatic heterocycles. The van der Waals surface area contributed by atoms with Crippen LogP contribution in [0.2, 0.25) is 0 Å². The fourth-order valence-corrected chi connectivity index (χ4v) is 3.89. The van der Waals surface area contributed by atoms with Crippen LogP contribution in [0.15, 0.2) is 36.5 Å². The number of ether oxygens (including phenoxy) is 1. The van der Waals surface area contributed by atoms with Gasteiger partial charge >= 0.3 is 0 Å². The molecule has 1 N–H and O–H groups in total. The van der Waals surface area contributed by atoms with Crippen LogP contribution < -0.4 is 10.2 Å². The van der Waals surface area contributed by atoms with Crippen molar-refractivity contribution in [2.24, 2.45) is 0 Å². The number of carbonyl (C=O) groups excluding carboxylic acids is 2. The third-order valence-electron chi connectivity index (χ3n) is 5.59. The Morgan fingerprint density at radius 2 is 1.87 bits per heavy atom. The quantitative estimate of drug-likeness (QED) is 0.788. The average molecular weight is 430 g/mol. The van der Waals surface area contributed by atoms with E-state index in [2.05, 4.69) is 10.3 Å². The summed E-state index contributed by atoms with van der Waals surface area (Å²) >= 11 is 0. The van der Waals surface area contributed by atoms with E-state index in [9.17, 15) is 18.4 Å². The summed E-state index contributed by atoms with van der Waals surface area (Å²) in [4.78, 5) is 33.1. The maximum absolute atomic E-state index is 14.0. The third-order valence-corrected chi connectivity index (χ3v) is 5.59. The number of halogens is 2. The Kier molecular flexibility index (Phi) is 6.41. The molecule has 0 bridgehead atoms. The van der Waals surface area contributed by atoms with Crippen LogP contribution in [0.1, 0.15) is 33.6 Å². The molecule has 1 aromatic carbocycles. The minimum atomic E-state index is -1.13. The maximum atomic E-state index is 14.0. The standard InChI is InChI=1S/C22H24F2N4O3/c23-18-7-1-5-16(19(18)24)22(30)28-11-9-27(10-12-28)20-17(6-2-8-25-20)21(29)26-14-15-4-3-13-31-15/h1-2,5-8,15H,3-4,9-14H2,(H,26,29)/t15-/m1/s1. The zero-order valence-electron chi connectivity index (χ0n) is 17.0. The number of aromatic nitrogens is 1. The van der Waals surface area contributed by atoms with Crippen molar-refractivity contribution in [3.8, 4) is 0 Å². The molecule has 2 fully saturated rings. The van der Waals surface area contributed by atoms with Crippen molar-refractivity contribution in [1.29, 1.82) is 0 Å². The number of benzene rings is 1. The van der Waals surface area contributed by atoms with Crippen LogP contribution in [-0.4, -0.2) is 67.1 Å². The smallest absolute Gasteiger partial charge is 0.257 e. The van der Waals surface area contributed by atoms with Crippen LogP contribution in [0.4, 0.5) is 14.6 Å². The van der Waals surface area contributed by atoms with Crippen molar-refractivity contribution in [2.75, 3.05) is 44.2 Å². The summed E-state index contributed by atoms with van der Waals surface area (Å²) in [5.41, 5.74) is 0.178. The monoisotopic (exact) mass is 430 g/mol. The van der Waals surface area contributed by atoms with E-state index in [1.54, 1.807) is 18.3 Å². The lowest BCUT2D eigenvalue weighted by atomic mass is 10.1. The number of carbonyl (C=O) groups is 2. The minimum absolute atomic E-state index is 0.0434. The van der Waals surface area contributed by atoms with Crippen LogP contribution in [0.25, 0.3) is 0 Å². The van der Waals surface area contributed by atoms with Gasteiger partial charge in [-0.15, -0.1) is 0 Å². The molecule has 0 unspecified atom stereocenters. The Bertz CT molecular complexity index is 958. The third kappa shape index (κ3) is 4.66.